The molecule has 0 saturated carbocycles. The summed E-state index contributed by atoms with van der Waals surface area (Å²) in [6.07, 6.45) is 1.53. The highest BCUT2D eigenvalue weighted by Crippen LogP contribution is 2.39. The molecule has 0 spiro atoms. The van der Waals surface area contributed by atoms with Crippen molar-refractivity contribution in [3.63, 3.8) is 0 Å². The highest BCUT2D eigenvalue weighted by Gasteiger charge is 2.26. The Hall–Kier alpha value is -2.96. The SMILES string of the molecule is Oc1cccc([C@H]2CN(c3ncnc4scc(-c5ccccc5)c34)CCO2)c1. The Morgan fingerprint density at radius 1 is 1.07 bits per heavy atom. The second-order valence-corrected chi connectivity index (χ2v) is 7.65. The van der Waals surface area contributed by atoms with E-state index < -0.39 is 0 Å². The lowest BCUT2D eigenvalue weighted by molar-refractivity contribution is 0.0395. The lowest BCUT2D eigenvalue weighted by atomic mass is 10.0. The van der Waals surface area contributed by atoms with E-state index in [1.54, 1.807) is 29.8 Å². The fourth-order valence-electron chi connectivity index (χ4n) is 3.70. The number of hydrogen-bond donors (Lipinski definition) is 1. The first-order valence-corrected chi connectivity index (χ1v) is 10.1. The lowest BCUT2D eigenvalue weighted by Gasteiger charge is -2.34. The van der Waals surface area contributed by atoms with Crippen LogP contribution in [0.4, 0.5) is 5.82 Å². The van der Waals surface area contributed by atoms with Crippen LogP contribution in [0.2, 0.25) is 0 Å². The number of nitrogens with zero attached hydrogens (tertiary/aromatic N) is 3. The van der Waals surface area contributed by atoms with Gasteiger partial charge in [0.05, 0.1) is 12.0 Å². The number of rotatable bonds is 3. The van der Waals surface area contributed by atoms with Crippen LogP contribution in [0.25, 0.3) is 21.3 Å². The van der Waals surface area contributed by atoms with Crippen molar-refractivity contribution in [3.8, 4) is 16.9 Å². The minimum atomic E-state index is -0.107. The largest absolute Gasteiger partial charge is 0.508 e. The highest BCUT2D eigenvalue weighted by atomic mass is 32.1. The number of ether oxygens (including phenoxy) is 1. The quantitative estimate of drug-likeness (QED) is 0.553. The van der Waals surface area contributed by atoms with Crippen LogP contribution in [0.15, 0.2) is 66.3 Å². The van der Waals surface area contributed by atoms with Gasteiger partial charge in [-0.1, -0.05) is 42.5 Å². The van der Waals surface area contributed by atoms with E-state index in [-0.39, 0.29) is 11.9 Å². The van der Waals surface area contributed by atoms with E-state index in [2.05, 4.69) is 44.5 Å². The molecule has 1 saturated heterocycles. The molecule has 1 aliphatic rings. The zero-order valence-electron chi connectivity index (χ0n) is 15.2. The van der Waals surface area contributed by atoms with Crippen molar-refractivity contribution in [2.75, 3.05) is 24.6 Å². The highest BCUT2D eigenvalue weighted by molar-refractivity contribution is 7.17. The average molecular weight is 389 g/mol. The number of morpholine rings is 1. The van der Waals surface area contributed by atoms with Crippen molar-refractivity contribution in [2.24, 2.45) is 0 Å². The van der Waals surface area contributed by atoms with Gasteiger partial charge in [0.25, 0.3) is 0 Å². The molecule has 140 valence electrons. The molecule has 0 amide bonds. The van der Waals surface area contributed by atoms with Crippen molar-refractivity contribution < 1.29 is 9.84 Å². The molecule has 2 aromatic carbocycles. The minimum Gasteiger partial charge on any atom is -0.508 e. The summed E-state index contributed by atoms with van der Waals surface area (Å²) in [4.78, 5) is 12.4. The predicted molar refractivity (Wildman–Crippen MR) is 112 cm³/mol. The first kappa shape index (κ1) is 17.2. The number of fused-ring (bicyclic) bond motifs is 1. The molecule has 1 N–H and O–H groups in total. The van der Waals surface area contributed by atoms with Crippen LogP contribution in [-0.4, -0.2) is 34.8 Å². The Morgan fingerprint density at radius 2 is 1.96 bits per heavy atom. The first-order chi connectivity index (χ1) is 13.8. The number of benzene rings is 2. The van der Waals surface area contributed by atoms with Gasteiger partial charge in [0.15, 0.2) is 0 Å². The summed E-state index contributed by atoms with van der Waals surface area (Å²) in [6, 6.07) is 17.6. The number of hydrogen-bond acceptors (Lipinski definition) is 6. The molecule has 0 bridgehead atoms. The summed E-state index contributed by atoms with van der Waals surface area (Å²) in [6.45, 7) is 2.06. The molecule has 1 atom stereocenters. The van der Waals surface area contributed by atoms with E-state index in [1.165, 1.54) is 5.56 Å². The molecule has 0 aliphatic carbocycles. The van der Waals surface area contributed by atoms with Gasteiger partial charge in [-0.25, -0.2) is 9.97 Å². The van der Waals surface area contributed by atoms with Gasteiger partial charge in [0, 0.05) is 24.0 Å². The fraction of sp³-hybridized carbons (Fsp3) is 0.182. The van der Waals surface area contributed by atoms with Gasteiger partial charge in [-0.3, -0.25) is 0 Å². The maximum Gasteiger partial charge on any atom is 0.141 e. The van der Waals surface area contributed by atoms with E-state index in [9.17, 15) is 5.11 Å². The summed E-state index contributed by atoms with van der Waals surface area (Å²) in [7, 11) is 0. The Kier molecular flexibility index (Phi) is 4.43. The van der Waals surface area contributed by atoms with Crippen LogP contribution in [0.3, 0.4) is 0 Å². The smallest absolute Gasteiger partial charge is 0.141 e. The normalized spacial score (nSPS) is 17.1. The van der Waals surface area contributed by atoms with Crippen molar-refractivity contribution >= 4 is 27.4 Å². The van der Waals surface area contributed by atoms with Gasteiger partial charge in [0.2, 0.25) is 0 Å². The molecule has 5 rings (SSSR count). The molecule has 2 aromatic heterocycles. The number of aromatic hydroxyl groups is 1. The van der Waals surface area contributed by atoms with Gasteiger partial charge >= 0.3 is 0 Å². The number of thiophene rings is 1. The van der Waals surface area contributed by atoms with Crippen LogP contribution >= 0.6 is 11.3 Å². The fourth-order valence-corrected chi connectivity index (χ4v) is 4.61. The minimum absolute atomic E-state index is 0.107. The molecule has 0 unspecified atom stereocenters. The van der Waals surface area contributed by atoms with E-state index in [1.807, 2.05) is 18.2 Å². The van der Waals surface area contributed by atoms with Crippen LogP contribution in [0.5, 0.6) is 5.75 Å². The van der Waals surface area contributed by atoms with Crippen LogP contribution in [0.1, 0.15) is 11.7 Å². The average Bonchev–Trinajstić information content (AvgIpc) is 3.19. The number of phenols is 1. The van der Waals surface area contributed by atoms with Crippen LogP contribution in [0, 0.1) is 0 Å². The Balaban J connectivity index is 1.55. The van der Waals surface area contributed by atoms with Gasteiger partial charge < -0.3 is 14.7 Å². The molecular weight excluding hydrogens is 370 g/mol. The van der Waals surface area contributed by atoms with E-state index in [4.69, 9.17) is 4.74 Å². The van der Waals surface area contributed by atoms with Crippen LogP contribution < -0.4 is 4.90 Å². The maximum absolute atomic E-state index is 9.81. The third kappa shape index (κ3) is 3.10. The van der Waals surface area contributed by atoms with E-state index >= 15 is 0 Å². The molecule has 5 nitrogen and oxygen atoms in total. The standard InChI is InChI=1S/C22H19N3O2S/c26-17-8-4-7-16(11-17)19-12-25(9-10-27-19)21-20-18(15-5-2-1-3-6-15)13-28-22(20)24-14-23-21/h1-8,11,13-14,19,26H,9-10,12H2/t19-/m1/s1. The second-order valence-electron chi connectivity index (χ2n) is 6.79. The van der Waals surface area contributed by atoms with Crippen molar-refractivity contribution in [1.29, 1.82) is 0 Å². The summed E-state index contributed by atoms with van der Waals surface area (Å²) >= 11 is 1.64. The Morgan fingerprint density at radius 3 is 2.82 bits per heavy atom. The molecule has 1 aliphatic heterocycles. The maximum atomic E-state index is 9.81. The molecule has 4 aromatic rings. The summed E-state index contributed by atoms with van der Waals surface area (Å²) in [5, 5.41) is 13.1. The van der Waals surface area contributed by atoms with Crippen molar-refractivity contribution in [2.45, 2.75) is 6.10 Å². The number of aromatic nitrogens is 2. The van der Waals surface area contributed by atoms with Gasteiger partial charge in [-0.15, -0.1) is 11.3 Å². The van der Waals surface area contributed by atoms with Gasteiger partial charge in [0.1, 0.15) is 28.8 Å². The Labute approximate surface area is 166 Å². The lowest BCUT2D eigenvalue weighted by Crippen LogP contribution is -2.39. The van der Waals surface area contributed by atoms with E-state index in [0.29, 0.717) is 13.2 Å². The molecular formula is C22H19N3O2S. The third-order valence-electron chi connectivity index (χ3n) is 5.04. The Bertz CT molecular complexity index is 1110. The van der Waals surface area contributed by atoms with Gasteiger partial charge in [-0.05, 0) is 23.3 Å². The summed E-state index contributed by atoms with van der Waals surface area (Å²) in [5.74, 6) is 1.20. The third-order valence-corrected chi connectivity index (χ3v) is 5.93. The number of anilines is 1. The molecule has 3 heterocycles. The van der Waals surface area contributed by atoms with E-state index in [0.717, 1.165) is 33.7 Å². The zero-order valence-corrected chi connectivity index (χ0v) is 16.0. The van der Waals surface area contributed by atoms with Crippen molar-refractivity contribution in [3.05, 3.63) is 71.9 Å². The summed E-state index contributed by atoms with van der Waals surface area (Å²) < 4.78 is 5.99. The molecule has 6 heteroatoms. The second kappa shape index (κ2) is 7.22. The number of phenolic OH excluding ortho intramolecular Hbond substituents is 1. The zero-order chi connectivity index (χ0) is 18.9. The summed E-state index contributed by atoms with van der Waals surface area (Å²) in [5.41, 5.74) is 3.31. The topological polar surface area (TPSA) is 58.5 Å². The first-order valence-electron chi connectivity index (χ1n) is 9.23. The molecule has 1 fully saturated rings. The van der Waals surface area contributed by atoms with Gasteiger partial charge in [-0.2, -0.15) is 0 Å². The predicted octanol–water partition coefficient (Wildman–Crippen LogP) is 4.64. The van der Waals surface area contributed by atoms with Crippen LogP contribution in [-0.2, 0) is 4.74 Å². The monoisotopic (exact) mass is 389 g/mol. The molecule has 28 heavy (non-hydrogen) atoms. The molecule has 0 radical (unpaired) electrons. The van der Waals surface area contributed by atoms with Crippen molar-refractivity contribution in [1.82, 2.24) is 9.97 Å².